The molecule has 3 heteroatoms. The quantitative estimate of drug-likeness (QED) is 0.791. The number of hydrogen-bond donors (Lipinski definition) is 0. The summed E-state index contributed by atoms with van der Waals surface area (Å²) in [5, 5.41) is 0.615. The van der Waals surface area contributed by atoms with Gasteiger partial charge in [-0.25, -0.2) is 0 Å². The molecule has 2 aromatic carbocycles. The highest BCUT2D eigenvalue weighted by Gasteiger charge is 2.27. The summed E-state index contributed by atoms with van der Waals surface area (Å²) in [7, 11) is 0. The molecule has 1 atom stereocenters. The summed E-state index contributed by atoms with van der Waals surface area (Å²) in [6.45, 7) is 5.89. The van der Waals surface area contributed by atoms with Crippen LogP contribution in [-0.4, -0.2) is 29.1 Å². The number of piperidine rings is 1. The first kappa shape index (κ1) is 17.1. The Bertz CT molecular complexity index is 660. The number of carbonyl (C=O) groups excluding carboxylic acids is 1. The van der Waals surface area contributed by atoms with E-state index < -0.39 is 0 Å². The van der Waals surface area contributed by atoms with Crippen LogP contribution in [0.25, 0.3) is 0 Å². The average molecular weight is 340 g/mol. The number of likely N-dealkylation sites (tertiary alicyclic amines) is 1. The van der Waals surface area contributed by atoms with Gasteiger partial charge in [-0.15, -0.1) is 11.8 Å². The van der Waals surface area contributed by atoms with Crippen molar-refractivity contribution in [1.82, 2.24) is 4.90 Å². The third kappa shape index (κ3) is 4.21. The van der Waals surface area contributed by atoms with Crippen LogP contribution in [0.5, 0.6) is 0 Å². The number of amides is 1. The second kappa shape index (κ2) is 7.89. The Balaban J connectivity index is 1.53. The molecule has 0 N–H and O–H groups in total. The Morgan fingerprint density at radius 2 is 1.67 bits per heavy atom. The summed E-state index contributed by atoms with van der Waals surface area (Å²) in [5.41, 5.74) is 2.41. The summed E-state index contributed by atoms with van der Waals surface area (Å²) in [5.74, 6) is 0.215. The molecule has 0 aliphatic carbocycles. The van der Waals surface area contributed by atoms with Gasteiger partial charge >= 0.3 is 0 Å². The average Bonchev–Trinajstić information content (AvgIpc) is 2.64. The van der Waals surface area contributed by atoms with Gasteiger partial charge in [0.05, 0.1) is 5.92 Å². The van der Waals surface area contributed by atoms with Crippen molar-refractivity contribution in [2.45, 2.75) is 42.8 Å². The van der Waals surface area contributed by atoms with Crippen molar-refractivity contribution in [2.75, 3.05) is 13.1 Å². The maximum atomic E-state index is 12.7. The zero-order valence-corrected chi connectivity index (χ0v) is 15.3. The lowest BCUT2D eigenvalue weighted by atomic mass is 9.98. The van der Waals surface area contributed by atoms with Crippen molar-refractivity contribution < 1.29 is 4.79 Å². The van der Waals surface area contributed by atoms with Gasteiger partial charge in [0.1, 0.15) is 0 Å². The van der Waals surface area contributed by atoms with Gasteiger partial charge < -0.3 is 4.90 Å². The van der Waals surface area contributed by atoms with Gasteiger partial charge in [0.15, 0.2) is 0 Å². The number of hydrogen-bond acceptors (Lipinski definition) is 2. The Hall–Kier alpha value is -1.74. The van der Waals surface area contributed by atoms with Crippen molar-refractivity contribution in [3.63, 3.8) is 0 Å². The first-order valence-electron chi connectivity index (χ1n) is 8.70. The van der Waals surface area contributed by atoms with E-state index in [1.165, 1.54) is 10.5 Å². The summed E-state index contributed by atoms with van der Waals surface area (Å²) in [6, 6.07) is 18.8. The Morgan fingerprint density at radius 3 is 2.29 bits per heavy atom. The van der Waals surface area contributed by atoms with Crippen LogP contribution in [0.2, 0.25) is 0 Å². The molecule has 2 aromatic rings. The largest absolute Gasteiger partial charge is 0.342 e. The molecule has 1 aliphatic heterocycles. The molecule has 1 unspecified atom stereocenters. The van der Waals surface area contributed by atoms with Gasteiger partial charge in [-0.2, -0.15) is 0 Å². The van der Waals surface area contributed by atoms with Crippen molar-refractivity contribution in [3.05, 3.63) is 65.7 Å². The molecule has 2 nitrogen and oxygen atoms in total. The lowest BCUT2D eigenvalue weighted by Gasteiger charge is -2.33. The van der Waals surface area contributed by atoms with Crippen LogP contribution in [0.4, 0.5) is 0 Å². The molecular weight excluding hydrogens is 314 g/mol. The predicted octanol–water partition coefficient (Wildman–Crippen LogP) is 4.88. The van der Waals surface area contributed by atoms with Gasteiger partial charge in [0, 0.05) is 23.2 Å². The van der Waals surface area contributed by atoms with E-state index in [0.717, 1.165) is 31.5 Å². The van der Waals surface area contributed by atoms with Gasteiger partial charge in [0.25, 0.3) is 0 Å². The van der Waals surface area contributed by atoms with Gasteiger partial charge in [-0.05, 0) is 44.4 Å². The van der Waals surface area contributed by atoms with Crippen molar-refractivity contribution in [2.24, 2.45) is 0 Å². The van der Waals surface area contributed by atoms with E-state index in [9.17, 15) is 4.79 Å². The van der Waals surface area contributed by atoms with Crippen LogP contribution in [0.1, 0.15) is 36.8 Å². The van der Waals surface area contributed by atoms with Crippen LogP contribution in [0.15, 0.2) is 59.5 Å². The van der Waals surface area contributed by atoms with Crippen LogP contribution >= 0.6 is 11.8 Å². The molecule has 1 aliphatic rings. The maximum absolute atomic E-state index is 12.7. The van der Waals surface area contributed by atoms with E-state index in [-0.39, 0.29) is 11.8 Å². The topological polar surface area (TPSA) is 20.3 Å². The fourth-order valence-electron chi connectivity index (χ4n) is 3.16. The van der Waals surface area contributed by atoms with E-state index in [0.29, 0.717) is 5.25 Å². The summed E-state index contributed by atoms with van der Waals surface area (Å²) < 4.78 is 0. The minimum atomic E-state index is -0.0486. The van der Waals surface area contributed by atoms with E-state index in [1.54, 1.807) is 0 Å². The number of thioether (sulfide) groups is 1. The van der Waals surface area contributed by atoms with E-state index in [4.69, 9.17) is 0 Å². The Kier molecular flexibility index (Phi) is 5.62. The van der Waals surface area contributed by atoms with Crippen molar-refractivity contribution in [1.29, 1.82) is 0 Å². The number of aryl methyl sites for hydroxylation is 1. The minimum Gasteiger partial charge on any atom is -0.342 e. The highest BCUT2D eigenvalue weighted by atomic mass is 32.2. The number of rotatable bonds is 4. The molecule has 0 aromatic heterocycles. The van der Waals surface area contributed by atoms with E-state index >= 15 is 0 Å². The minimum absolute atomic E-state index is 0.0486. The molecule has 0 radical (unpaired) electrons. The third-order valence-corrected chi connectivity index (χ3v) is 6.10. The standard InChI is InChI=1S/C21H25NOS/c1-16-8-10-19(11-9-16)24-20-12-14-22(15-13-20)21(23)17(2)18-6-4-3-5-7-18/h3-11,17,20H,12-15H2,1-2H3. The van der Waals surface area contributed by atoms with Gasteiger partial charge in [-0.1, -0.05) is 48.0 Å². The second-order valence-corrected chi connectivity index (χ2v) is 7.96. The SMILES string of the molecule is Cc1ccc(SC2CCN(C(=O)C(C)c3ccccc3)CC2)cc1. The smallest absolute Gasteiger partial charge is 0.229 e. The van der Waals surface area contributed by atoms with Crippen LogP contribution in [-0.2, 0) is 4.79 Å². The molecule has 0 saturated carbocycles. The molecule has 1 amide bonds. The highest BCUT2D eigenvalue weighted by Crippen LogP contribution is 2.31. The van der Waals surface area contributed by atoms with Crippen LogP contribution < -0.4 is 0 Å². The van der Waals surface area contributed by atoms with Crippen molar-refractivity contribution >= 4 is 17.7 Å². The van der Waals surface area contributed by atoms with Crippen LogP contribution in [0.3, 0.4) is 0 Å². The zero-order chi connectivity index (χ0) is 16.9. The van der Waals surface area contributed by atoms with E-state index in [2.05, 4.69) is 31.2 Å². The first-order chi connectivity index (χ1) is 11.6. The molecule has 126 valence electrons. The fourth-order valence-corrected chi connectivity index (χ4v) is 4.29. The predicted molar refractivity (Wildman–Crippen MR) is 101 cm³/mol. The Morgan fingerprint density at radius 1 is 1.04 bits per heavy atom. The molecule has 3 rings (SSSR count). The fraction of sp³-hybridized carbons (Fsp3) is 0.381. The summed E-state index contributed by atoms with van der Waals surface area (Å²) in [6.07, 6.45) is 2.15. The van der Waals surface area contributed by atoms with Gasteiger partial charge in [0.2, 0.25) is 5.91 Å². The van der Waals surface area contributed by atoms with Gasteiger partial charge in [-0.3, -0.25) is 4.79 Å². The molecule has 0 spiro atoms. The number of carbonyl (C=O) groups is 1. The lowest BCUT2D eigenvalue weighted by Crippen LogP contribution is -2.41. The Labute approximate surface area is 149 Å². The molecule has 1 fully saturated rings. The third-order valence-electron chi connectivity index (χ3n) is 4.75. The lowest BCUT2D eigenvalue weighted by molar-refractivity contribution is -0.133. The molecule has 1 heterocycles. The molecule has 0 bridgehead atoms. The second-order valence-electron chi connectivity index (χ2n) is 6.59. The molecule has 1 saturated heterocycles. The maximum Gasteiger partial charge on any atom is 0.229 e. The summed E-state index contributed by atoms with van der Waals surface area (Å²) in [4.78, 5) is 16.1. The number of benzene rings is 2. The van der Waals surface area contributed by atoms with E-state index in [1.807, 2.05) is 53.9 Å². The normalized spacial score (nSPS) is 16.8. The monoisotopic (exact) mass is 339 g/mol. The zero-order valence-electron chi connectivity index (χ0n) is 14.4. The molecular formula is C21H25NOS. The highest BCUT2D eigenvalue weighted by molar-refractivity contribution is 8.00. The summed E-state index contributed by atoms with van der Waals surface area (Å²) >= 11 is 1.95. The van der Waals surface area contributed by atoms with Crippen LogP contribution in [0, 0.1) is 6.92 Å². The number of nitrogens with zero attached hydrogens (tertiary/aromatic N) is 1. The molecule has 24 heavy (non-hydrogen) atoms. The first-order valence-corrected chi connectivity index (χ1v) is 9.58. The van der Waals surface area contributed by atoms with Crippen molar-refractivity contribution in [3.8, 4) is 0 Å².